The second-order valence-corrected chi connectivity index (χ2v) is 22.4. The van der Waals surface area contributed by atoms with Crippen LogP contribution < -0.4 is 10.2 Å². The van der Waals surface area contributed by atoms with Gasteiger partial charge in [-0.2, -0.15) is 0 Å². The molecule has 0 aromatic rings. The van der Waals surface area contributed by atoms with E-state index in [1.807, 2.05) is 27.2 Å². The average molecular weight is 1010 g/mol. The molecule has 0 rings (SSSR count). The lowest BCUT2D eigenvalue weighted by atomic mass is 10.0. The molecule has 9 heteroatoms. The molecular formula is C62H113N2O6P. The molecule has 0 aliphatic rings. The van der Waals surface area contributed by atoms with Crippen LogP contribution in [0, 0.1) is 0 Å². The molecule has 0 bridgehead atoms. The van der Waals surface area contributed by atoms with Crippen LogP contribution in [0.5, 0.6) is 0 Å². The van der Waals surface area contributed by atoms with Crippen molar-refractivity contribution in [2.24, 2.45) is 0 Å². The summed E-state index contributed by atoms with van der Waals surface area (Å²) in [7, 11) is 1.24. The van der Waals surface area contributed by atoms with Gasteiger partial charge in [-0.15, -0.1) is 0 Å². The fourth-order valence-electron chi connectivity index (χ4n) is 8.26. The van der Waals surface area contributed by atoms with Gasteiger partial charge in [-0.3, -0.25) is 9.36 Å². The zero-order valence-electron chi connectivity index (χ0n) is 46.9. The summed E-state index contributed by atoms with van der Waals surface area (Å²) < 4.78 is 23.3. The van der Waals surface area contributed by atoms with Gasteiger partial charge >= 0.3 is 0 Å². The highest BCUT2D eigenvalue weighted by Crippen LogP contribution is 2.38. The van der Waals surface area contributed by atoms with Crippen molar-refractivity contribution in [2.45, 2.75) is 264 Å². The quantitative estimate of drug-likeness (QED) is 0.0272. The van der Waals surface area contributed by atoms with Gasteiger partial charge < -0.3 is 28.8 Å². The molecule has 0 aliphatic heterocycles. The Kier molecular flexibility index (Phi) is 50.8. The maximum absolute atomic E-state index is 13.0. The van der Waals surface area contributed by atoms with E-state index in [-0.39, 0.29) is 12.5 Å². The molecule has 0 radical (unpaired) electrons. The van der Waals surface area contributed by atoms with Gasteiger partial charge in [-0.05, 0) is 77.0 Å². The summed E-state index contributed by atoms with van der Waals surface area (Å²) in [6.45, 7) is 4.52. The highest BCUT2D eigenvalue weighted by atomic mass is 31.2. The Morgan fingerprint density at radius 2 is 0.873 bits per heavy atom. The third-order valence-electron chi connectivity index (χ3n) is 12.8. The number of allylic oxidation sites excluding steroid dienone is 13. The van der Waals surface area contributed by atoms with E-state index in [1.165, 1.54) is 161 Å². The van der Waals surface area contributed by atoms with Crippen LogP contribution in [0.1, 0.15) is 251 Å². The Morgan fingerprint density at radius 1 is 0.507 bits per heavy atom. The van der Waals surface area contributed by atoms with Gasteiger partial charge in [-0.1, -0.05) is 253 Å². The van der Waals surface area contributed by atoms with Crippen LogP contribution in [0.4, 0.5) is 0 Å². The Balaban J connectivity index is 4.17. The number of quaternary nitrogens is 1. The first-order chi connectivity index (χ1) is 34.5. The van der Waals surface area contributed by atoms with Gasteiger partial charge in [0.2, 0.25) is 5.91 Å². The predicted molar refractivity (Wildman–Crippen MR) is 307 cm³/mol. The summed E-state index contributed by atoms with van der Waals surface area (Å²) in [6, 6.07) is -0.907. The van der Waals surface area contributed by atoms with E-state index in [2.05, 4.69) is 92.1 Å². The van der Waals surface area contributed by atoms with Crippen molar-refractivity contribution in [1.29, 1.82) is 0 Å². The van der Waals surface area contributed by atoms with Crippen LogP contribution in [0.25, 0.3) is 0 Å². The summed E-state index contributed by atoms with van der Waals surface area (Å²) >= 11 is 0. The fraction of sp³-hybridized carbons (Fsp3) is 0.758. The third-order valence-corrected chi connectivity index (χ3v) is 13.8. The molecule has 0 saturated heterocycles. The number of hydrogen-bond donors (Lipinski definition) is 2. The number of carbonyl (C=O) groups is 1. The number of hydrogen-bond acceptors (Lipinski definition) is 6. The predicted octanol–water partition coefficient (Wildman–Crippen LogP) is 17.4. The summed E-state index contributed by atoms with van der Waals surface area (Å²) in [5.74, 6) is -0.209. The number of rotatable bonds is 53. The normalized spacial score (nSPS) is 14.5. The van der Waals surface area contributed by atoms with E-state index in [0.717, 1.165) is 70.6 Å². The molecule has 412 valence electrons. The van der Waals surface area contributed by atoms with Crippen LogP contribution in [0.3, 0.4) is 0 Å². The SMILES string of the molecule is CC/C=C\C/C=C\C/C=C\C/C=C\C/C=C\CCCCCCCCCCCCCCCCCC(=O)NC(COP(=O)([O-])OCC[N+](C)(C)C)C(O)/C=C/CC/C=C/CCCCCCCCCCCCCC. The van der Waals surface area contributed by atoms with E-state index in [9.17, 15) is 19.4 Å². The molecule has 0 saturated carbocycles. The maximum Gasteiger partial charge on any atom is 0.268 e. The molecule has 0 aromatic carbocycles. The van der Waals surface area contributed by atoms with E-state index < -0.39 is 26.6 Å². The lowest BCUT2D eigenvalue weighted by molar-refractivity contribution is -0.870. The zero-order valence-corrected chi connectivity index (χ0v) is 47.8. The average Bonchev–Trinajstić information content (AvgIpc) is 3.33. The van der Waals surface area contributed by atoms with Crippen molar-refractivity contribution in [3.05, 3.63) is 85.1 Å². The molecule has 2 N–H and O–H groups in total. The minimum Gasteiger partial charge on any atom is -0.756 e. The molecule has 8 nitrogen and oxygen atoms in total. The van der Waals surface area contributed by atoms with Gasteiger partial charge in [0.1, 0.15) is 13.2 Å². The van der Waals surface area contributed by atoms with Crippen molar-refractivity contribution < 1.29 is 32.9 Å². The summed E-state index contributed by atoms with van der Waals surface area (Å²) in [6.07, 6.45) is 73.8. The lowest BCUT2D eigenvalue weighted by Gasteiger charge is -2.29. The molecule has 0 aromatic heterocycles. The summed E-state index contributed by atoms with van der Waals surface area (Å²) in [5, 5.41) is 13.9. The Labute approximate surface area is 439 Å². The first-order valence-electron chi connectivity index (χ1n) is 29.4. The molecule has 0 spiro atoms. The van der Waals surface area contributed by atoms with Crippen molar-refractivity contribution in [3.63, 3.8) is 0 Å². The van der Waals surface area contributed by atoms with E-state index in [0.29, 0.717) is 17.4 Å². The third kappa shape index (κ3) is 55.3. The monoisotopic (exact) mass is 1010 g/mol. The highest BCUT2D eigenvalue weighted by Gasteiger charge is 2.23. The molecule has 1 amide bonds. The Bertz CT molecular complexity index is 1430. The first kappa shape index (κ1) is 68.7. The summed E-state index contributed by atoms with van der Waals surface area (Å²) in [4.78, 5) is 25.5. The standard InChI is InChI=1S/C62H113N2O6P/c1-6-8-10-12-14-16-18-20-22-24-26-27-28-29-30-31-32-33-34-35-36-37-38-40-42-44-46-48-50-52-54-56-62(66)63-60(59-70-71(67,68)69-58-57-64(3,4)5)61(65)55-53-51-49-47-45-43-41-39-25-23-21-19-17-15-13-11-9-7-2/h8,10,14,16,20,22,26-27,29-30,45,47,53,55,60-61,65H,6-7,9,11-13,15,17-19,21,23-25,28,31-44,46,48-52,54,56-59H2,1-5H3,(H-,63,66,67,68)/b10-8-,16-14-,22-20-,27-26-,30-29-,47-45+,55-53+. The van der Waals surface area contributed by atoms with Gasteiger partial charge in [0.25, 0.3) is 7.82 Å². The van der Waals surface area contributed by atoms with Crippen molar-refractivity contribution in [2.75, 3.05) is 40.9 Å². The highest BCUT2D eigenvalue weighted by molar-refractivity contribution is 7.45. The van der Waals surface area contributed by atoms with Gasteiger partial charge in [0, 0.05) is 6.42 Å². The maximum atomic E-state index is 13.0. The van der Waals surface area contributed by atoms with Gasteiger partial charge in [0.05, 0.1) is 39.9 Å². The molecule has 3 atom stereocenters. The zero-order chi connectivity index (χ0) is 52.0. The molecule has 71 heavy (non-hydrogen) atoms. The number of aliphatic hydroxyl groups excluding tert-OH is 1. The number of aliphatic hydroxyl groups is 1. The largest absolute Gasteiger partial charge is 0.756 e. The number of unbranched alkanes of at least 4 members (excludes halogenated alkanes) is 28. The van der Waals surface area contributed by atoms with E-state index in [1.54, 1.807) is 6.08 Å². The van der Waals surface area contributed by atoms with Crippen molar-refractivity contribution >= 4 is 13.7 Å². The van der Waals surface area contributed by atoms with E-state index in [4.69, 9.17) is 9.05 Å². The second-order valence-electron chi connectivity index (χ2n) is 21.0. The molecule has 0 heterocycles. The van der Waals surface area contributed by atoms with Crippen molar-refractivity contribution in [1.82, 2.24) is 5.32 Å². The van der Waals surface area contributed by atoms with Crippen LogP contribution >= 0.6 is 7.82 Å². The topological polar surface area (TPSA) is 108 Å². The molecule has 0 fully saturated rings. The minimum atomic E-state index is -4.61. The van der Waals surface area contributed by atoms with Crippen LogP contribution in [-0.2, 0) is 18.4 Å². The number of amides is 1. The van der Waals surface area contributed by atoms with Gasteiger partial charge in [-0.25, -0.2) is 0 Å². The minimum absolute atomic E-state index is 0.00868. The smallest absolute Gasteiger partial charge is 0.268 e. The number of phosphoric ester groups is 1. The molecule has 0 aliphatic carbocycles. The Hall–Kier alpha value is -2.32. The van der Waals surface area contributed by atoms with E-state index >= 15 is 0 Å². The molecular weight excluding hydrogens is 900 g/mol. The molecule has 3 unspecified atom stereocenters. The van der Waals surface area contributed by atoms with Crippen molar-refractivity contribution in [3.8, 4) is 0 Å². The number of phosphoric acid groups is 1. The summed E-state index contributed by atoms with van der Waals surface area (Å²) in [5.41, 5.74) is 0. The van der Waals surface area contributed by atoms with Crippen LogP contribution in [-0.4, -0.2) is 68.5 Å². The second kappa shape index (κ2) is 52.5. The fourth-order valence-corrected chi connectivity index (χ4v) is 8.98. The Morgan fingerprint density at radius 3 is 1.31 bits per heavy atom. The van der Waals surface area contributed by atoms with Crippen LogP contribution in [0.15, 0.2) is 85.1 Å². The first-order valence-corrected chi connectivity index (χ1v) is 30.9. The lowest BCUT2D eigenvalue weighted by Crippen LogP contribution is -2.45. The van der Waals surface area contributed by atoms with Gasteiger partial charge in [0.15, 0.2) is 0 Å². The number of likely N-dealkylation sites (N-methyl/N-ethyl adjacent to an activating group) is 1. The number of nitrogens with one attached hydrogen (secondary N) is 1. The van der Waals surface area contributed by atoms with Crippen LogP contribution in [0.2, 0.25) is 0 Å². The number of carbonyl (C=O) groups excluding carboxylic acids is 1. The number of nitrogens with zero attached hydrogens (tertiary/aromatic N) is 1.